The molecule has 0 aliphatic rings. The molecule has 0 radical (unpaired) electrons. The predicted octanol–water partition coefficient (Wildman–Crippen LogP) is 3.05. The third-order valence-corrected chi connectivity index (χ3v) is 4.23. The summed E-state index contributed by atoms with van der Waals surface area (Å²) in [4.78, 5) is 0. The van der Waals surface area contributed by atoms with Crippen molar-refractivity contribution in [2.45, 2.75) is 59.9 Å². The first-order valence-corrected chi connectivity index (χ1v) is 7.53. The fourth-order valence-corrected chi connectivity index (χ4v) is 3.58. The topological polar surface area (TPSA) is 55.8 Å². The van der Waals surface area contributed by atoms with Crippen LogP contribution in [0.4, 0.5) is 0 Å². The van der Waals surface area contributed by atoms with Crippen molar-refractivity contribution in [3.8, 4) is 0 Å². The summed E-state index contributed by atoms with van der Waals surface area (Å²) in [5.74, 6) is 0.0415. The van der Waals surface area contributed by atoms with Crippen LogP contribution in [0.1, 0.15) is 41.5 Å². The van der Waals surface area contributed by atoms with Gasteiger partial charge < -0.3 is 14.2 Å². The van der Waals surface area contributed by atoms with E-state index in [1.807, 2.05) is 13.8 Å². The van der Waals surface area contributed by atoms with Crippen molar-refractivity contribution < 1.29 is 18.7 Å². The first kappa shape index (κ1) is 16.1. The van der Waals surface area contributed by atoms with Crippen molar-refractivity contribution in [3.05, 3.63) is 0 Å². The monoisotopic (exact) mass is 252 g/mol. The second kappa shape index (κ2) is 6.75. The maximum Gasteiger partial charge on any atom is 0.333 e. The lowest BCUT2D eigenvalue weighted by atomic mass is 10.1. The Morgan fingerprint density at radius 1 is 1.00 bits per heavy atom. The van der Waals surface area contributed by atoms with Gasteiger partial charge in [0.25, 0.3) is 0 Å². The first-order chi connectivity index (χ1) is 7.16. The molecule has 5 heteroatoms. The SMILES string of the molecule is CC(C)OP(=O)(CC(O)C(C)C)OC(C)C. The maximum atomic E-state index is 12.3. The van der Waals surface area contributed by atoms with Crippen molar-refractivity contribution in [3.63, 3.8) is 0 Å². The summed E-state index contributed by atoms with van der Waals surface area (Å²) in [6, 6.07) is 0. The molecule has 0 aromatic rings. The van der Waals surface area contributed by atoms with E-state index < -0.39 is 13.7 Å². The van der Waals surface area contributed by atoms with E-state index in [1.54, 1.807) is 27.7 Å². The Labute approximate surface area is 98.9 Å². The molecule has 0 spiro atoms. The zero-order chi connectivity index (χ0) is 12.9. The summed E-state index contributed by atoms with van der Waals surface area (Å²) >= 11 is 0. The second-order valence-corrected chi connectivity index (χ2v) is 6.92. The van der Waals surface area contributed by atoms with E-state index in [0.717, 1.165) is 0 Å². The summed E-state index contributed by atoms with van der Waals surface area (Å²) in [7, 11) is -3.19. The molecule has 1 unspecified atom stereocenters. The van der Waals surface area contributed by atoms with Crippen molar-refractivity contribution in [1.29, 1.82) is 0 Å². The fourth-order valence-electron chi connectivity index (χ4n) is 1.19. The van der Waals surface area contributed by atoms with E-state index in [2.05, 4.69) is 0 Å². The van der Waals surface area contributed by atoms with E-state index >= 15 is 0 Å². The smallest absolute Gasteiger partial charge is 0.333 e. The van der Waals surface area contributed by atoms with Crippen LogP contribution in [0.5, 0.6) is 0 Å². The average molecular weight is 252 g/mol. The Bertz CT molecular complexity index is 224. The van der Waals surface area contributed by atoms with E-state index in [-0.39, 0.29) is 24.3 Å². The third-order valence-electron chi connectivity index (χ3n) is 1.92. The normalized spacial score (nSPS) is 15.1. The van der Waals surface area contributed by atoms with Gasteiger partial charge in [0.05, 0.1) is 24.5 Å². The van der Waals surface area contributed by atoms with E-state index in [9.17, 15) is 9.67 Å². The van der Waals surface area contributed by atoms with Crippen LogP contribution < -0.4 is 0 Å². The Balaban J connectivity index is 4.59. The summed E-state index contributed by atoms with van der Waals surface area (Å²) in [6.07, 6.45) is -0.961. The standard InChI is InChI=1S/C11H25O4P/c1-8(2)11(12)7-16(13,14-9(3)4)15-10(5)6/h8-12H,7H2,1-6H3. The Kier molecular flexibility index (Phi) is 6.80. The highest BCUT2D eigenvalue weighted by Crippen LogP contribution is 2.51. The van der Waals surface area contributed by atoms with Crippen molar-refractivity contribution >= 4 is 7.60 Å². The largest absolute Gasteiger partial charge is 0.392 e. The number of rotatable bonds is 7. The van der Waals surface area contributed by atoms with Gasteiger partial charge in [-0.1, -0.05) is 13.8 Å². The van der Waals surface area contributed by atoms with Crippen molar-refractivity contribution in [1.82, 2.24) is 0 Å². The molecule has 1 atom stereocenters. The highest BCUT2D eigenvalue weighted by Gasteiger charge is 2.31. The molecule has 98 valence electrons. The van der Waals surface area contributed by atoms with Gasteiger partial charge in [-0.25, -0.2) is 0 Å². The van der Waals surface area contributed by atoms with Gasteiger partial charge in [-0.15, -0.1) is 0 Å². The van der Waals surface area contributed by atoms with Gasteiger partial charge in [0.15, 0.2) is 0 Å². The maximum absolute atomic E-state index is 12.3. The molecule has 0 fully saturated rings. The molecule has 0 aliphatic carbocycles. The number of hydrogen-bond acceptors (Lipinski definition) is 4. The van der Waals surface area contributed by atoms with Crippen LogP contribution in [0.25, 0.3) is 0 Å². The highest BCUT2D eigenvalue weighted by atomic mass is 31.2. The van der Waals surface area contributed by atoms with Crippen molar-refractivity contribution in [2.75, 3.05) is 6.16 Å². The number of aliphatic hydroxyl groups is 1. The molecule has 0 amide bonds. The van der Waals surface area contributed by atoms with Crippen LogP contribution in [0, 0.1) is 5.92 Å². The molecule has 0 rings (SSSR count). The average Bonchev–Trinajstić information content (AvgIpc) is 1.98. The van der Waals surface area contributed by atoms with E-state index in [0.29, 0.717) is 0 Å². The molecule has 0 saturated heterocycles. The molecule has 0 aliphatic heterocycles. The molecular formula is C11H25O4P. The minimum Gasteiger partial charge on any atom is -0.392 e. The van der Waals surface area contributed by atoms with Gasteiger partial charge in [-0.2, -0.15) is 0 Å². The minimum atomic E-state index is -3.19. The molecule has 4 nitrogen and oxygen atoms in total. The van der Waals surface area contributed by atoms with Crippen LogP contribution in [0.3, 0.4) is 0 Å². The summed E-state index contributed by atoms with van der Waals surface area (Å²) in [6.45, 7) is 11.0. The van der Waals surface area contributed by atoms with Crippen molar-refractivity contribution in [2.24, 2.45) is 5.92 Å². The molecular weight excluding hydrogens is 227 g/mol. The molecule has 0 heterocycles. The summed E-state index contributed by atoms with van der Waals surface area (Å²) < 4.78 is 23.0. The lowest BCUT2D eigenvalue weighted by Crippen LogP contribution is -2.23. The first-order valence-electron chi connectivity index (χ1n) is 5.80. The van der Waals surface area contributed by atoms with Crippen LogP contribution in [0.2, 0.25) is 0 Å². The van der Waals surface area contributed by atoms with Crippen LogP contribution in [-0.4, -0.2) is 29.6 Å². The van der Waals surface area contributed by atoms with Crippen LogP contribution in [-0.2, 0) is 13.6 Å². The predicted molar refractivity (Wildman–Crippen MR) is 65.8 cm³/mol. The molecule has 0 saturated carbocycles. The van der Waals surface area contributed by atoms with Gasteiger partial charge in [0.2, 0.25) is 0 Å². The Morgan fingerprint density at radius 2 is 1.38 bits per heavy atom. The summed E-state index contributed by atoms with van der Waals surface area (Å²) in [5.41, 5.74) is 0. The van der Waals surface area contributed by atoms with Crippen LogP contribution >= 0.6 is 7.60 Å². The van der Waals surface area contributed by atoms with Gasteiger partial charge in [-0.05, 0) is 33.6 Å². The molecule has 0 aromatic carbocycles. The lowest BCUT2D eigenvalue weighted by Gasteiger charge is -2.25. The number of aliphatic hydroxyl groups excluding tert-OH is 1. The quantitative estimate of drug-likeness (QED) is 0.707. The molecule has 0 aromatic heterocycles. The van der Waals surface area contributed by atoms with E-state index in [4.69, 9.17) is 9.05 Å². The highest BCUT2D eigenvalue weighted by molar-refractivity contribution is 7.53. The third kappa shape index (κ3) is 6.64. The zero-order valence-corrected chi connectivity index (χ0v) is 12.0. The second-order valence-electron chi connectivity index (χ2n) is 4.91. The van der Waals surface area contributed by atoms with Gasteiger partial charge in [0, 0.05) is 0 Å². The molecule has 1 N–H and O–H groups in total. The Hall–Kier alpha value is 0.110. The van der Waals surface area contributed by atoms with Crippen LogP contribution in [0.15, 0.2) is 0 Å². The lowest BCUT2D eigenvalue weighted by molar-refractivity contribution is 0.109. The van der Waals surface area contributed by atoms with E-state index in [1.165, 1.54) is 0 Å². The summed E-state index contributed by atoms with van der Waals surface area (Å²) in [5, 5.41) is 9.76. The van der Waals surface area contributed by atoms with Gasteiger partial charge in [0.1, 0.15) is 0 Å². The zero-order valence-electron chi connectivity index (χ0n) is 11.1. The number of hydrogen-bond donors (Lipinski definition) is 1. The molecule has 0 bridgehead atoms. The Morgan fingerprint density at radius 3 is 1.62 bits per heavy atom. The minimum absolute atomic E-state index is 0.0415. The van der Waals surface area contributed by atoms with Gasteiger partial charge in [-0.3, -0.25) is 4.57 Å². The molecule has 16 heavy (non-hydrogen) atoms. The van der Waals surface area contributed by atoms with Gasteiger partial charge >= 0.3 is 7.60 Å². The fraction of sp³-hybridized carbons (Fsp3) is 1.00.